The van der Waals surface area contributed by atoms with E-state index >= 15 is 0 Å². The number of fused-ring (bicyclic) bond motifs is 6. The molecular weight excluding hydrogens is 388 g/mol. The Morgan fingerprint density at radius 3 is 2.63 bits per heavy atom. The Morgan fingerprint density at radius 2 is 1.87 bits per heavy atom. The van der Waals surface area contributed by atoms with Gasteiger partial charge < -0.3 is 23.9 Å². The van der Waals surface area contributed by atoms with Gasteiger partial charge in [-0.15, -0.1) is 0 Å². The van der Waals surface area contributed by atoms with Crippen molar-refractivity contribution in [3.63, 3.8) is 0 Å². The van der Waals surface area contributed by atoms with E-state index in [1.807, 2.05) is 18.2 Å². The number of aromatic nitrogens is 2. The standard InChI is InChI=1S/C22H18N2O6/c1-2-22(27)14-7-16-19-12(9-24(16)20(25)13(14)10-30-21(22)26)5-11-6-17-18(8-15(11)23-19)29-4-3-28-17/h5-8,27H,2-4,9-10H2,1H3/t22-/m0/s1. The quantitative estimate of drug-likeness (QED) is 0.482. The van der Waals surface area contributed by atoms with E-state index in [1.165, 1.54) is 0 Å². The average Bonchev–Trinajstić information content (AvgIpc) is 3.11. The first-order valence-corrected chi connectivity index (χ1v) is 9.90. The second kappa shape index (κ2) is 5.82. The van der Waals surface area contributed by atoms with E-state index in [2.05, 4.69) is 0 Å². The second-order valence-corrected chi connectivity index (χ2v) is 7.79. The molecule has 8 heteroatoms. The molecule has 0 fully saturated rings. The van der Waals surface area contributed by atoms with Crippen LogP contribution >= 0.6 is 0 Å². The number of esters is 1. The molecule has 0 saturated heterocycles. The first-order chi connectivity index (χ1) is 14.5. The SMILES string of the molecule is CC[C@@]1(O)C(=O)OCc2c1cc1n(c2=O)Cc2cc3cc4c(cc3nc2-1)OCCO4. The first kappa shape index (κ1) is 17.5. The zero-order valence-corrected chi connectivity index (χ0v) is 16.2. The highest BCUT2D eigenvalue weighted by atomic mass is 16.6. The van der Waals surface area contributed by atoms with E-state index < -0.39 is 11.6 Å². The molecule has 0 radical (unpaired) electrons. The number of hydrogen-bond donors (Lipinski definition) is 1. The van der Waals surface area contributed by atoms with Gasteiger partial charge in [-0.05, 0) is 24.6 Å². The number of benzene rings is 1. The lowest BCUT2D eigenvalue weighted by Crippen LogP contribution is -2.44. The van der Waals surface area contributed by atoms with Crippen molar-refractivity contribution in [1.82, 2.24) is 9.55 Å². The van der Waals surface area contributed by atoms with Gasteiger partial charge in [0.25, 0.3) is 5.56 Å². The van der Waals surface area contributed by atoms with E-state index in [9.17, 15) is 14.7 Å². The Bertz CT molecular complexity index is 1330. The lowest BCUT2D eigenvalue weighted by atomic mass is 9.86. The van der Waals surface area contributed by atoms with Gasteiger partial charge in [-0.1, -0.05) is 6.92 Å². The van der Waals surface area contributed by atoms with Crippen molar-refractivity contribution in [3.8, 4) is 22.9 Å². The Kier molecular flexibility index (Phi) is 3.39. The Balaban J connectivity index is 1.59. The monoisotopic (exact) mass is 406 g/mol. The first-order valence-electron chi connectivity index (χ1n) is 9.90. The number of nitrogens with zero attached hydrogens (tertiary/aromatic N) is 2. The summed E-state index contributed by atoms with van der Waals surface area (Å²) in [6, 6.07) is 7.44. The van der Waals surface area contributed by atoms with Crippen molar-refractivity contribution in [2.24, 2.45) is 0 Å². The summed E-state index contributed by atoms with van der Waals surface area (Å²) in [6.07, 6.45) is 0.114. The van der Waals surface area contributed by atoms with Gasteiger partial charge in [-0.3, -0.25) is 4.79 Å². The maximum absolute atomic E-state index is 13.2. The third kappa shape index (κ3) is 2.16. The molecule has 0 bridgehead atoms. The number of aliphatic hydroxyl groups is 1. The zero-order valence-electron chi connectivity index (χ0n) is 16.2. The van der Waals surface area contributed by atoms with Crippen LogP contribution in [0.4, 0.5) is 0 Å². The molecular formula is C22H18N2O6. The molecule has 3 aliphatic heterocycles. The van der Waals surface area contributed by atoms with Gasteiger partial charge in [-0.2, -0.15) is 0 Å². The highest BCUT2D eigenvalue weighted by molar-refractivity contribution is 5.88. The number of carbonyl (C=O) groups excluding carboxylic acids is 1. The molecule has 0 aliphatic carbocycles. The van der Waals surface area contributed by atoms with E-state index in [1.54, 1.807) is 17.6 Å². The van der Waals surface area contributed by atoms with Crippen LogP contribution in [0.2, 0.25) is 0 Å². The summed E-state index contributed by atoms with van der Waals surface area (Å²) in [5.74, 6) is 0.600. The van der Waals surface area contributed by atoms with Crippen LogP contribution in [0.15, 0.2) is 29.1 Å². The number of carbonyl (C=O) groups is 1. The normalized spacial score (nSPS) is 21.1. The molecule has 2 aromatic heterocycles. The number of rotatable bonds is 1. The van der Waals surface area contributed by atoms with Gasteiger partial charge >= 0.3 is 5.97 Å². The molecule has 6 rings (SSSR count). The lowest BCUT2D eigenvalue weighted by molar-refractivity contribution is -0.172. The minimum Gasteiger partial charge on any atom is -0.486 e. The summed E-state index contributed by atoms with van der Waals surface area (Å²) in [5.41, 5.74) is 1.41. The van der Waals surface area contributed by atoms with Gasteiger partial charge in [0.05, 0.1) is 29.0 Å². The van der Waals surface area contributed by atoms with E-state index in [-0.39, 0.29) is 18.6 Å². The highest BCUT2D eigenvalue weighted by Crippen LogP contribution is 2.40. The molecule has 0 unspecified atom stereocenters. The molecule has 1 N–H and O–H groups in total. The maximum Gasteiger partial charge on any atom is 0.343 e. The third-order valence-electron chi connectivity index (χ3n) is 6.17. The minimum atomic E-state index is -1.83. The van der Waals surface area contributed by atoms with Crippen molar-refractivity contribution < 1.29 is 24.1 Å². The molecule has 5 heterocycles. The van der Waals surface area contributed by atoms with Crippen molar-refractivity contribution in [2.45, 2.75) is 32.1 Å². The van der Waals surface area contributed by atoms with Crippen molar-refractivity contribution in [2.75, 3.05) is 13.2 Å². The van der Waals surface area contributed by atoms with Crippen molar-refractivity contribution in [3.05, 3.63) is 51.3 Å². The molecule has 152 valence electrons. The summed E-state index contributed by atoms with van der Waals surface area (Å²) >= 11 is 0. The summed E-state index contributed by atoms with van der Waals surface area (Å²) in [5, 5.41) is 11.8. The van der Waals surface area contributed by atoms with Crippen LogP contribution in [-0.4, -0.2) is 33.8 Å². The zero-order chi connectivity index (χ0) is 20.6. The lowest BCUT2D eigenvalue weighted by Gasteiger charge is -2.31. The fourth-order valence-electron chi connectivity index (χ4n) is 4.52. The van der Waals surface area contributed by atoms with Crippen LogP contribution in [0.25, 0.3) is 22.3 Å². The molecule has 0 spiro atoms. The number of cyclic esters (lactones) is 1. The van der Waals surface area contributed by atoms with Crippen LogP contribution in [0.3, 0.4) is 0 Å². The Hall–Kier alpha value is -3.39. The molecule has 1 aromatic carbocycles. The van der Waals surface area contributed by atoms with Crippen LogP contribution in [0, 0.1) is 0 Å². The molecule has 30 heavy (non-hydrogen) atoms. The predicted molar refractivity (Wildman–Crippen MR) is 106 cm³/mol. The molecule has 8 nitrogen and oxygen atoms in total. The Labute approximate surface area is 170 Å². The van der Waals surface area contributed by atoms with Crippen LogP contribution < -0.4 is 15.0 Å². The summed E-state index contributed by atoms with van der Waals surface area (Å²) in [6.45, 7) is 2.91. The average molecular weight is 406 g/mol. The minimum absolute atomic E-state index is 0.114. The predicted octanol–water partition coefficient (Wildman–Crippen LogP) is 1.85. The number of hydrogen-bond acceptors (Lipinski definition) is 7. The van der Waals surface area contributed by atoms with E-state index in [0.29, 0.717) is 53.8 Å². The molecule has 0 amide bonds. The third-order valence-corrected chi connectivity index (χ3v) is 6.17. The van der Waals surface area contributed by atoms with Crippen molar-refractivity contribution in [1.29, 1.82) is 0 Å². The second-order valence-electron chi connectivity index (χ2n) is 7.79. The van der Waals surface area contributed by atoms with Crippen molar-refractivity contribution >= 4 is 16.9 Å². The van der Waals surface area contributed by atoms with E-state index in [4.69, 9.17) is 19.2 Å². The fourth-order valence-corrected chi connectivity index (χ4v) is 4.52. The van der Waals surface area contributed by atoms with Gasteiger partial charge in [0.1, 0.15) is 19.8 Å². The number of ether oxygens (including phenoxy) is 3. The highest BCUT2D eigenvalue weighted by Gasteiger charge is 2.45. The maximum atomic E-state index is 13.2. The van der Waals surface area contributed by atoms with E-state index in [0.717, 1.165) is 16.5 Å². The van der Waals surface area contributed by atoms with Crippen LogP contribution in [-0.2, 0) is 28.3 Å². The van der Waals surface area contributed by atoms with Gasteiger partial charge in [-0.25, -0.2) is 9.78 Å². The summed E-state index contributed by atoms with van der Waals surface area (Å²) < 4.78 is 18.1. The topological polar surface area (TPSA) is 99.9 Å². The van der Waals surface area contributed by atoms with Crippen LogP contribution in [0.1, 0.15) is 30.0 Å². The molecule has 1 atom stereocenters. The largest absolute Gasteiger partial charge is 0.486 e. The van der Waals surface area contributed by atoms with Crippen LogP contribution in [0.5, 0.6) is 11.5 Å². The fraction of sp³-hybridized carbons (Fsp3) is 0.318. The molecule has 3 aromatic rings. The summed E-state index contributed by atoms with van der Waals surface area (Å²) in [4.78, 5) is 30.2. The Morgan fingerprint density at radius 1 is 1.10 bits per heavy atom. The summed E-state index contributed by atoms with van der Waals surface area (Å²) in [7, 11) is 0. The number of pyridine rings is 2. The molecule has 3 aliphatic rings. The van der Waals surface area contributed by atoms with Gasteiger partial charge in [0.15, 0.2) is 17.1 Å². The smallest absolute Gasteiger partial charge is 0.343 e. The van der Waals surface area contributed by atoms with Gasteiger partial charge in [0, 0.05) is 22.6 Å². The van der Waals surface area contributed by atoms with Gasteiger partial charge in [0.2, 0.25) is 0 Å². The molecule has 0 saturated carbocycles.